The second kappa shape index (κ2) is 9.57. The average Bonchev–Trinajstić information content (AvgIpc) is 2.44. The third-order valence-corrected chi connectivity index (χ3v) is 3.87. The molecular formula is C14H27N3O4. The number of rotatable bonds is 8. The molecule has 0 aromatic rings. The minimum atomic E-state index is -1.14. The first-order valence-corrected chi connectivity index (χ1v) is 7.66. The fourth-order valence-electron chi connectivity index (χ4n) is 2.57. The van der Waals surface area contributed by atoms with Gasteiger partial charge in [-0.15, -0.1) is 0 Å². The molecule has 0 spiro atoms. The fourth-order valence-corrected chi connectivity index (χ4v) is 2.57. The zero-order valence-electron chi connectivity index (χ0n) is 12.7. The number of carbonyl (C=O) groups is 2. The molecule has 0 aliphatic carbocycles. The molecule has 1 saturated heterocycles. The lowest BCUT2D eigenvalue weighted by Crippen LogP contribution is -2.47. The Morgan fingerprint density at radius 1 is 1.38 bits per heavy atom. The zero-order chi connectivity index (χ0) is 15.7. The number of urea groups is 1. The highest BCUT2D eigenvalue weighted by Crippen LogP contribution is 2.15. The maximum absolute atomic E-state index is 11.6. The van der Waals surface area contributed by atoms with E-state index in [2.05, 4.69) is 22.5 Å². The van der Waals surface area contributed by atoms with Crippen LogP contribution in [0.25, 0.3) is 0 Å². The number of aliphatic hydroxyl groups is 1. The quantitative estimate of drug-likeness (QED) is 0.486. The van der Waals surface area contributed by atoms with Crippen molar-refractivity contribution in [3.05, 3.63) is 0 Å². The van der Waals surface area contributed by atoms with E-state index in [1.54, 1.807) is 0 Å². The summed E-state index contributed by atoms with van der Waals surface area (Å²) in [6.45, 7) is 4.53. The van der Waals surface area contributed by atoms with Crippen LogP contribution in [0.1, 0.15) is 39.0 Å². The van der Waals surface area contributed by atoms with E-state index in [0.717, 1.165) is 19.5 Å². The third kappa shape index (κ3) is 6.77. The summed E-state index contributed by atoms with van der Waals surface area (Å²) >= 11 is 0. The monoisotopic (exact) mass is 301 g/mol. The Kier molecular flexibility index (Phi) is 8.07. The van der Waals surface area contributed by atoms with Gasteiger partial charge in [0.15, 0.2) is 0 Å². The largest absolute Gasteiger partial charge is 0.480 e. The molecule has 1 unspecified atom stereocenters. The van der Waals surface area contributed by atoms with Crippen LogP contribution in [0, 0.1) is 0 Å². The summed E-state index contributed by atoms with van der Waals surface area (Å²) in [5, 5.41) is 22.6. The number of piperidine rings is 1. The van der Waals surface area contributed by atoms with Crippen LogP contribution in [-0.4, -0.2) is 65.4 Å². The van der Waals surface area contributed by atoms with E-state index in [9.17, 15) is 9.59 Å². The first-order valence-electron chi connectivity index (χ1n) is 7.66. The van der Waals surface area contributed by atoms with Gasteiger partial charge in [-0.25, -0.2) is 9.59 Å². The van der Waals surface area contributed by atoms with Crippen molar-refractivity contribution >= 4 is 12.0 Å². The number of carbonyl (C=O) groups excluding carboxylic acids is 1. The minimum Gasteiger partial charge on any atom is -0.480 e. The van der Waals surface area contributed by atoms with Crippen LogP contribution in [0.5, 0.6) is 0 Å². The number of nitrogens with zero attached hydrogens (tertiary/aromatic N) is 1. The molecule has 122 valence electrons. The molecule has 0 radical (unpaired) electrons. The van der Waals surface area contributed by atoms with E-state index in [0.29, 0.717) is 12.6 Å². The van der Waals surface area contributed by atoms with E-state index < -0.39 is 18.0 Å². The first-order chi connectivity index (χ1) is 10.0. The minimum absolute atomic E-state index is 0.00798. The standard InChI is InChI=1S/C14H27N3O4/c1-11-5-2-3-8-17(11)9-4-7-15-14(21)16-12(6-10-18)13(19)20/h11-12,18H,2-10H2,1H3,(H,19,20)(H2,15,16,21)/t11?,12-/m1/s1. The molecule has 1 rings (SSSR count). The molecule has 0 saturated carbocycles. The maximum Gasteiger partial charge on any atom is 0.326 e. The molecule has 0 aromatic carbocycles. The SMILES string of the molecule is CC1CCCCN1CCCNC(=O)N[C@H](CCO)C(=O)O. The normalized spacial score (nSPS) is 20.8. The average molecular weight is 301 g/mol. The Bertz CT molecular complexity index is 338. The van der Waals surface area contributed by atoms with Crippen molar-refractivity contribution < 1.29 is 19.8 Å². The number of carboxylic acid groups (broad SMARTS) is 1. The number of likely N-dealkylation sites (tertiary alicyclic amines) is 1. The predicted molar refractivity (Wildman–Crippen MR) is 79.2 cm³/mol. The third-order valence-electron chi connectivity index (χ3n) is 3.87. The second-order valence-electron chi connectivity index (χ2n) is 5.54. The van der Waals surface area contributed by atoms with Crippen molar-refractivity contribution in [1.82, 2.24) is 15.5 Å². The lowest BCUT2D eigenvalue weighted by atomic mass is 10.0. The van der Waals surface area contributed by atoms with Gasteiger partial charge in [0, 0.05) is 32.2 Å². The molecule has 1 heterocycles. The van der Waals surface area contributed by atoms with Crippen LogP contribution in [0.3, 0.4) is 0 Å². The number of aliphatic hydroxyl groups excluding tert-OH is 1. The van der Waals surface area contributed by atoms with Crippen LogP contribution >= 0.6 is 0 Å². The van der Waals surface area contributed by atoms with Crippen molar-refractivity contribution in [3.8, 4) is 0 Å². The Hall–Kier alpha value is -1.34. The van der Waals surface area contributed by atoms with Gasteiger partial charge in [-0.3, -0.25) is 0 Å². The topological polar surface area (TPSA) is 102 Å². The smallest absolute Gasteiger partial charge is 0.326 e. The number of aliphatic carboxylic acids is 1. The number of nitrogens with one attached hydrogen (secondary N) is 2. The molecule has 2 amide bonds. The highest BCUT2D eigenvalue weighted by Gasteiger charge is 2.19. The van der Waals surface area contributed by atoms with Gasteiger partial charge in [0.1, 0.15) is 6.04 Å². The van der Waals surface area contributed by atoms with Gasteiger partial charge in [-0.1, -0.05) is 6.42 Å². The summed E-state index contributed by atoms with van der Waals surface area (Å²) in [6, 6.07) is -0.937. The van der Waals surface area contributed by atoms with Crippen molar-refractivity contribution in [1.29, 1.82) is 0 Å². The molecule has 0 bridgehead atoms. The lowest BCUT2D eigenvalue weighted by molar-refractivity contribution is -0.139. The van der Waals surface area contributed by atoms with E-state index in [1.807, 2.05) is 0 Å². The van der Waals surface area contributed by atoms with E-state index >= 15 is 0 Å². The molecule has 1 aliphatic heterocycles. The fraction of sp³-hybridized carbons (Fsp3) is 0.857. The summed E-state index contributed by atoms with van der Waals surface area (Å²) < 4.78 is 0. The highest BCUT2D eigenvalue weighted by atomic mass is 16.4. The number of hydrogen-bond donors (Lipinski definition) is 4. The molecule has 7 heteroatoms. The van der Waals surface area contributed by atoms with Crippen molar-refractivity contribution in [2.75, 3.05) is 26.2 Å². The van der Waals surface area contributed by atoms with Crippen LogP contribution in [0.4, 0.5) is 4.79 Å². The number of amides is 2. The van der Waals surface area contributed by atoms with Gasteiger partial charge in [0.2, 0.25) is 0 Å². The van der Waals surface area contributed by atoms with Gasteiger partial charge in [-0.2, -0.15) is 0 Å². The van der Waals surface area contributed by atoms with Crippen LogP contribution in [0.2, 0.25) is 0 Å². The van der Waals surface area contributed by atoms with Crippen molar-refractivity contribution in [3.63, 3.8) is 0 Å². The van der Waals surface area contributed by atoms with E-state index in [1.165, 1.54) is 19.3 Å². The van der Waals surface area contributed by atoms with Crippen LogP contribution in [0.15, 0.2) is 0 Å². The first kappa shape index (κ1) is 17.7. The molecular weight excluding hydrogens is 274 g/mol. The van der Waals surface area contributed by atoms with Crippen molar-refractivity contribution in [2.24, 2.45) is 0 Å². The second-order valence-corrected chi connectivity index (χ2v) is 5.54. The summed E-state index contributed by atoms with van der Waals surface area (Å²) in [5.41, 5.74) is 0. The summed E-state index contributed by atoms with van der Waals surface area (Å²) in [5.74, 6) is -1.14. The molecule has 0 aromatic heterocycles. The Balaban J connectivity index is 2.16. The lowest BCUT2D eigenvalue weighted by Gasteiger charge is -2.33. The van der Waals surface area contributed by atoms with Gasteiger partial charge >= 0.3 is 12.0 Å². The van der Waals surface area contributed by atoms with Gasteiger partial charge in [-0.05, 0) is 32.7 Å². The summed E-state index contributed by atoms with van der Waals surface area (Å²) in [7, 11) is 0. The molecule has 1 aliphatic rings. The Morgan fingerprint density at radius 3 is 2.76 bits per heavy atom. The molecule has 7 nitrogen and oxygen atoms in total. The number of hydrogen-bond acceptors (Lipinski definition) is 4. The van der Waals surface area contributed by atoms with E-state index in [4.69, 9.17) is 10.2 Å². The Labute approximate surface area is 125 Å². The van der Waals surface area contributed by atoms with Crippen molar-refractivity contribution in [2.45, 2.75) is 51.1 Å². The predicted octanol–water partition coefficient (Wildman–Crippen LogP) is 0.386. The van der Waals surface area contributed by atoms with Gasteiger partial charge < -0.3 is 25.7 Å². The zero-order valence-corrected chi connectivity index (χ0v) is 12.7. The van der Waals surface area contributed by atoms with E-state index in [-0.39, 0.29) is 13.0 Å². The Morgan fingerprint density at radius 2 is 2.14 bits per heavy atom. The maximum atomic E-state index is 11.6. The summed E-state index contributed by atoms with van der Waals surface area (Å²) in [4.78, 5) is 24.8. The van der Waals surface area contributed by atoms with Gasteiger partial charge in [0.05, 0.1) is 0 Å². The molecule has 1 fully saturated rings. The highest BCUT2D eigenvalue weighted by molar-refractivity contribution is 5.82. The van der Waals surface area contributed by atoms with Gasteiger partial charge in [0.25, 0.3) is 0 Å². The molecule has 2 atom stereocenters. The number of carboxylic acids is 1. The van der Waals surface area contributed by atoms with Crippen LogP contribution in [-0.2, 0) is 4.79 Å². The summed E-state index contributed by atoms with van der Waals surface area (Å²) in [6.07, 6.45) is 4.61. The molecule has 4 N–H and O–H groups in total. The van der Waals surface area contributed by atoms with Crippen LogP contribution < -0.4 is 10.6 Å². The molecule has 21 heavy (non-hydrogen) atoms.